The summed E-state index contributed by atoms with van der Waals surface area (Å²) in [4.78, 5) is 12.2. The van der Waals surface area contributed by atoms with Crippen LogP contribution in [0.3, 0.4) is 0 Å². The van der Waals surface area contributed by atoms with E-state index in [2.05, 4.69) is 11.4 Å². The fourth-order valence-corrected chi connectivity index (χ4v) is 4.78. The van der Waals surface area contributed by atoms with Crippen LogP contribution >= 0.6 is 23.2 Å². The van der Waals surface area contributed by atoms with Crippen LogP contribution in [0.15, 0.2) is 42.5 Å². The van der Waals surface area contributed by atoms with E-state index < -0.39 is 35.2 Å². The van der Waals surface area contributed by atoms with E-state index in [0.29, 0.717) is 17.0 Å². The lowest BCUT2D eigenvalue weighted by molar-refractivity contribution is -0.139. The van der Waals surface area contributed by atoms with Crippen molar-refractivity contribution in [1.29, 1.82) is 5.26 Å². The molecule has 0 radical (unpaired) electrons. The fourth-order valence-electron chi connectivity index (χ4n) is 4.47. The van der Waals surface area contributed by atoms with Gasteiger partial charge in [-0.05, 0) is 41.2 Å². The minimum atomic E-state index is -1.34. The molecular formula is C23H23Cl2FN2O2. The van der Waals surface area contributed by atoms with Crippen LogP contribution < -0.4 is 5.32 Å². The van der Waals surface area contributed by atoms with Gasteiger partial charge in [-0.15, -0.1) is 0 Å². The van der Waals surface area contributed by atoms with Crippen LogP contribution in [0.5, 0.6) is 0 Å². The van der Waals surface area contributed by atoms with E-state index in [0.717, 1.165) is 0 Å². The maximum Gasteiger partial charge on any atom is 0.321 e. The smallest absolute Gasteiger partial charge is 0.321 e. The third-order valence-electron chi connectivity index (χ3n) is 5.66. The second kappa shape index (κ2) is 8.19. The predicted octanol–water partition coefficient (Wildman–Crippen LogP) is 5.54. The number of aliphatic carboxylic acids is 1. The molecule has 0 spiro atoms. The molecule has 1 unspecified atom stereocenters. The molecule has 2 N–H and O–H groups in total. The topological polar surface area (TPSA) is 73.1 Å². The Hall–Kier alpha value is -2.13. The third-order valence-corrected chi connectivity index (χ3v) is 6.20. The summed E-state index contributed by atoms with van der Waals surface area (Å²) < 4.78 is 15.1. The summed E-state index contributed by atoms with van der Waals surface area (Å²) in [6.07, 6.45) is 0.506. The van der Waals surface area contributed by atoms with Crippen molar-refractivity contribution in [3.63, 3.8) is 0 Å². The molecule has 0 amide bonds. The minimum absolute atomic E-state index is 0.107. The van der Waals surface area contributed by atoms with E-state index in [-0.39, 0.29) is 16.0 Å². The number of carboxylic acids is 1. The standard InChI is InChI=1S/C23H23Cl2FN2O2/c1-22(2,3)11-17-23(12-27,13-7-9-14(24)10-8-13)18(20(28-17)21(29)30)15-5-4-6-16(25)19(15)26/h4-10,17-18,20,28H,11H2,1-3H3,(H,29,30)/t17-,18-,20+,23?/m1/s1. The third kappa shape index (κ3) is 3.92. The van der Waals surface area contributed by atoms with Crippen molar-refractivity contribution in [3.05, 3.63) is 69.5 Å². The number of carbonyl (C=O) groups is 1. The van der Waals surface area contributed by atoms with E-state index in [1.54, 1.807) is 30.3 Å². The van der Waals surface area contributed by atoms with Gasteiger partial charge >= 0.3 is 5.97 Å². The highest BCUT2D eigenvalue weighted by molar-refractivity contribution is 6.31. The molecule has 30 heavy (non-hydrogen) atoms. The molecule has 1 saturated heterocycles. The summed E-state index contributed by atoms with van der Waals surface area (Å²) in [6.45, 7) is 6.05. The van der Waals surface area contributed by atoms with Crippen molar-refractivity contribution < 1.29 is 14.3 Å². The van der Waals surface area contributed by atoms with E-state index in [1.807, 2.05) is 20.8 Å². The van der Waals surface area contributed by atoms with Gasteiger partial charge in [0.25, 0.3) is 0 Å². The number of benzene rings is 2. The van der Waals surface area contributed by atoms with Gasteiger partial charge in [-0.2, -0.15) is 5.26 Å². The summed E-state index contributed by atoms with van der Waals surface area (Å²) in [7, 11) is 0. The number of nitrogens with one attached hydrogen (secondary N) is 1. The number of hydrogen-bond donors (Lipinski definition) is 2. The zero-order chi connectivity index (χ0) is 22.3. The first-order valence-electron chi connectivity index (χ1n) is 9.61. The quantitative estimate of drug-likeness (QED) is 0.643. The summed E-state index contributed by atoms with van der Waals surface area (Å²) in [6, 6.07) is 11.9. The second-order valence-electron chi connectivity index (χ2n) is 8.91. The monoisotopic (exact) mass is 448 g/mol. The normalized spacial score (nSPS) is 26.4. The first kappa shape index (κ1) is 22.6. The Bertz CT molecular complexity index is 998. The zero-order valence-electron chi connectivity index (χ0n) is 16.9. The predicted molar refractivity (Wildman–Crippen MR) is 115 cm³/mol. The molecule has 3 rings (SSSR count). The van der Waals surface area contributed by atoms with Crippen molar-refractivity contribution in [3.8, 4) is 6.07 Å². The molecule has 0 saturated carbocycles. The van der Waals surface area contributed by atoms with Gasteiger partial charge in [0.05, 0.1) is 11.1 Å². The van der Waals surface area contributed by atoms with Gasteiger partial charge in [0.2, 0.25) is 0 Å². The molecule has 4 atom stereocenters. The molecule has 7 heteroatoms. The molecule has 1 fully saturated rings. The van der Waals surface area contributed by atoms with Crippen LogP contribution in [-0.4, -0.2) is 23.2 Å². The van der Waals surface area contributed by atoms with Crippen LogP contribution in [0, 0.1) is 22.6 Å². The molecule has 4 nitrogen and oxygen atoms in total. The number of hydrogen-bond acceptors (Lipinski definition) is 3. The van der Waals surface area contributed by atoms with Gasteiger partial charge in [0, 0.05) is 17.0 Å². The average molecular weight is 449 g/mol. The first-order valence-corrected chi connectivity index (χ1v) is 10.4. The molecule has 2 aromatic rings. The highest BCUT2D eigenvalue weighted by Crippen LogP contribution is 2.52. The average Bonchev–Trinajstić information content (AvgIpc) is 2.98. The highest BCUT2D eigenvalue weighted by atomic mass is 35.5. The molecule has 1 aliphatic rings. The van der Waals surface area contributed by atoms with Crippen LogP contribution in [0.25, 0.3) is 0 Å². The van der Waals surface area contributed by atoms with Gasteiger partial charge in [0.15, 0.2) is 0 Å². The summed E-state index contributed by atoms with van der Waals surface area (Å²) in [5.41, 5.74) is -0.858. The lowest BCUT2D eigenvalue weighted by Gasteiger charge is -2.37. The summed E-state index contributed by atoms with van der Waals surface area (Å²) in [5, 5.41) is 24.0. The van der Waals surface area contributed by atoms with Crippen molar-refractivity contribution in [1.82, 2.24) is 5.32 Å². The van der Waals surface area contributed by atoms with Gasteiger partial charge in [0.1, 0.15) is 17.3 Å². The Morgan fingerprint density at radius 2 is 1.87 bits per heavy atom. The Balaban J connectivity index is 2.33. The molecule has 0 aliphatic carbocycles. The molecule has 1 heterocycles. The number of carboxylic acid groups (broad SMARTS) is 1. The van der Waals surface area contributed by atoms with Gasteiger partial charge in [-0.3, -0.25) is 10.1 Å². The Labute approximate surface area is 185 Å². The fraction of sp³-hybridized carbons (Fsp3) is 0.391. The van der Waals surface area contributed by atoms with Crippen LogP contribution in [0.1, 0.15) is 44.2 Å². The summed E-state index contributed by atoms with van der Waals surface area (Å²) in [5.74, 6) is -2.85. The largest absolute Gasteiger partial charge is 0.480 e. The maximum atomic E-state index is 15.1. The number of nitriles is 1. The van der Waals surface area contributed by atoms with E-state index in [9.17, 15) is 15.2 Å². The molecule has 2 aromatic carbocycles. The lowest BCUT2D eigenvalue weighted by Crippen LogP contribution is -2.44. The minimum Gasteiger partial charge on any atom is -0.480 e. The van der Waals surface area contributed by atoms with Crippen molar-refractivity contribution in [2.75, 3.05) is 0 Å². The van der Waals surface area contributed by atoms with Crippen molar-refractivity contribution >= 4 is 29.2 Å². The van der Waals surface area contributed by atoms with Crippen LogP contribution in [0.2, 0.25) is 10.0 Å². The Morgan fingerprint density at radius 1 is 1.23 bits per heavy atom. The van der Waals surface area contributed by atoms with Gasteiger partial charge < -0.3 is 5.11 Å². The first-order chi connectivity index (χ1) is 14.0. The zero-order valence-corrected chi connectivity index (χ0v) is 18.4. The highest BCUT2D eigenvalue weighted by Gasteiger charge is 2.60. The molecule has 158 valence electrons. The van der Waals surface area contributed by atoms with Crippen molar-refractivity contribution in [2.24, 2.45) is 5.41 Å². The number of halogens is 3. The summed E-state index contributed by atoms with van der Waals surface area (Å²) >= 11 is 12.1. The van der Waals surface area contributed by atoms with Gasteiger partial charge in [-0.1, -0.05) is 68.2 Å². The molecule has 1 aliphatic heterocycles. The van der Waals surface area contributed by atoms with Crippen LogP contribution in [0.4, 0.5) is 4.39 Å². The second-order valence-corrected chi connectivity index (χ2v) is 9.75. The maximum absolute atomic E-state index is 15.1. The number of rotatable bonds is 4. The van der Waals surface area contributed by atoms with Gasteiger partial charge in [-0.25, -0.2) is 4.39 Å². The number of nitrogens with zero attached hydrogens (tertiary/aromatic N) is 1. The van der Waals surface area contributed by atoms with E-state index in [1.165, 1.54) is 12.1 Å². The van der Waals surface area contributed by atoms with E-state index in [4.69, 9.17) is 23.2 Å². The molecule has 0 aromatic heterocycles. The van der Waals surface area contributed by atoms with E-state index >= 15 is 4.39 Å². The molecule has 0 bridgehead atoms. The Kier molecular flexibility index (Phi) is 6.15. The van der Waals surface area contributed by atoms with Crippen molar-refractivity contribution in [2.45, 2.75) is 50.6 Å². The lowest BCUT2D eigenvalue weighted by atomic mass is 9.63. The molecular weight excluding hydrogens is 426 g/mol. The SMILES string of the molecule is CC(C)(C)C[C@H]1N[C@H](C(=O)O)[C@@H](c2cccc(Cl)c2F)C1(C#N)c1ccc(Cl)cc1. The van der Waals surface area contributed by atoms with Crippen LogP contribution in [-0.2, 0) is 10.2 Å². The Morgan fingerprint density at radius 3 is 2.40 bits per heavy atom.